The maximum absolute atomic E-state index is 13.2. The van der Waals surface area contributed by atoms with E-state index >= 15 is 0 Å². The standard InChI is InChI=1S/C22H22O6/c1-12(2)5-7-15-21(25)20-16(24)10-14(23)11-19(20)28-22(15)13-6-8-17(26-3)18(9-13)27-4/h5-6,8-11,23-24H,7H2,1-4H3. The van der Waals surface area contributed by atoms with Gasteiger partial charge < -0.3 is 24.1 Å². The molecular formula is C22H22O6. The number of fused-ring (bicyclic) bond motifs is 1. The number of hydrogen-bond acceptors (Lipinski definition) is 6. The minimum atomic E-state index is -0.346. The highest BCUT2D eigenvalue weighted by atomic mass is 16.5. The first kappa shape index (κ1) is 19.4. The predicted octanol–water partition coefficient (Wildman–Crippen LogP) is 4.40. The van der Waals surface area contributed by atoms with Gasteiger partial charge >= 0.3 is 0 Å². The predicted molar refractivity (Wildman–Crippen MR) is 107 cm³/mol. The van der Waals surface area contributed by atoms with Crippen molar-refractivity contribution in [1.29, 1.82) is 0 Å². The van der Waals surface area contributed by atoms with Crippen LogP contribution in [-0.2, 0) is 6.42 Å². The van der Waals surface area contributed by atoms with Crippen LogP contribution >= 0.6 is 0 Å². The lowest BCUT2D eigenvalue weighted by Crippen LogP contribution is -2.11. The second-order valence-corrected chi connectivity index (χ2v) is 6.63. The van der Waals surface area contributed by atoms with Crippen molar-refractivity contribution < 1.29 is 24.1 Å². The number of hydrogen-bond donors (Lipinski definition) is 2. The molecule has 0 aliphatic rings. The molecule has 3 aromatic rings. The van der Waals surface area contributed by atoms with Crippen LogP contribution in [-0.4, -0.2) is 24.4 Å². The van der Waals surface area contributed by atoms with E-state index in [-0.39, 0.29) is 27.9 Å². The quantitative estimate of drug-likeness (QED) is 0.636. The normalized spacial score (nSPS) is 10.7. The molecule has 0 unspecified atom stereocenters. The van der Waals surface area contributed by atoms with E-state index < -0.39 is 0 Å². The van der Waals surface area contributed by atoms with Gasteiger partial charge in [0, 0.05) is 23.3 Å². The Balaban J connectivity index is 2.35. The van der Waals surface area contributed by atoms with Crippen molar-refractivity contribution in [3.8, 4) is 34.3 Å². The van der Waals surface area contributed by atoms with Crippen molar-refractivity contribution >= 4 is 11.0 Å². The molecule has 1 heterocycles. The molecule has 0 aliphatic heterocycles. The molecule has 0 atom stereocenters. The second-order valence-electron chi connectivity index (χ2n) is 6.63. The highest BCUT2D eigenvalue weighted by Gasteiger charge is 2.19. The Kier molecular flexibility index (Phi) is 5.31. The molecule has 2 N–H and O–H groups in total. The fraction of sp³-hybridized carbons (Fsp3) is 0.227. The summed E-state index contributed by atoms with van der Waals surface area (Å²) in [7, 11) is 3.07. The SMILES string of the molecule is COc1ccc(-c2oc3cc(O)cc(O)c3c(=O)c2CC=C(C)C)cc1OC. The van der Waals surface area contributed by atoms with Gasteiger partial charge in [0.25, 0.3) is 0 Å². The van der Waals surface area contributed by atoms with E-state index in [0.29, 0.717) is 34.8 Å². The Bertz CT molecular complexity index is 1120. The maximum atomic E-state index is 13.2. The van der Waals surface area contributed by atoms with Crippen molar-refractivity contribution in [2.75, 3.05) is 14.2 Å². The van der Waals surface area contributed by atoms with E-state index in [2.05, 4.69) is 0 Å². The van der Waals surface area contributed by atoms with Crippen LogP contribution in [0.3, 0.4) is 0 Å². The summed E-state index contributed by atoms with van der Waals surface area (Å²) >= 11 is 0. The monoisotopic (exact) mass is 382 g/mol. The molecule has 3 rings (SSSR count). The minimum Gasteiger partial charge on any atom is -0.508 e. The van der Waals surface area contributed by atoms with Crippen LogP contribution in [0, 0.1) is 0 Å². The largest absolute Gasteiger partial charge is 0.508 e. The van der Waals surface area contributed by atoms with Gasteiger partial charge in [0.2, 0.25) is 5.43 Å². The van der Waals surface area contributed by atoms with E-state index in [1.807, 2.05) is 19.9 Å². The van der Waals surface area contributed by atoms with Gasteiger partial charge in [-0.25, -0.2) is 0 Å². The molecule has 2 aromatic carbocycles. The maximum Gasteiger partial charge on any atom is 0.200 e. The second kappa shape index (κ2) is 7.68. The van der Waals surface area contributed by atoms with Crippen LogP contribution in [0.2, 0.25) is 0 Å². The van der Waals surface area contributed by atoms with Crippen LogP contribution in [0.25, 0.3) is 22.3 Å². The van der Waals surface area contributed by atoms with E-state index in [1.165, 1.54) is 13.2 Å². The molecule has 6 heteroatoms. The average molecular weight is 382 g/mol. The van der Waals surface area contributed by atoms with Gasteiger partial charge in [0.05, 0.1) is 14.2 Å². The van der Waals surface area contributed by atoms with Gasteiger partial charge in [0.15, 0.2) is 11.5 Å². The number of allylic oxidation sites excluding steroid dienone is 2. The van der Waals surface area contributed by atoms with Gasteiger partial charge in [-0.1, -0.05) is 11.6 Å². The van der Waals surface area contributed by atoms with Gasteiger partial charge in [-0.05, 0) is 38.5 Å². The topological polar surface area (TPSA) is 89.1 Å². The van der Waals surface area contributed by atoms with Crippen molar-refractivity contribution in [2.24, 2.45) is 0 Å². The molecule has 1 aromatic heterocycles. The summed E-state index contributed by atoms with van der Waals surface area (Å²) in [4.78, 5) is 13.2. The van der Waals surface area contributed by atoms with E-state index in [4.69, 9.17) is 13.9 Å². The van der Waals surface area contributed by atoms with Crippen LogP contribution in [0.4, 0.5) is 0 Å². The van der Waals surface area contributed by atoms with Crippen LogP contribution in [0.15, 0.2) is 51.2 Å². The lowest BCUT2D eigenvalue weighted by atomic mass is 10.0. The molecule has 0 spiro atoms. The summed E-state index contributed by atoms with van der Waals surface area (Å²) in [5.74, 6) is 0.885. The van der Waals surface area contributed by atoms with Crippen molar-refractivity contribution in [1.82, 2.24) is 0 Å². The number of phenolic OH excluding ortho intramolecular Hbond substituents is 2. The fourth-order valence-electron chi connectivity index (χ4n) is 3.02. The Morgan fingerprint density at radius 1 is 1.07 bits per heavy atom. The molecule has 0 fully saturated rings. The smallest absolute Gasteiger partial charge is 0.200 e. The Morgan fingerprint density at radius 2 is 1.79 bits per heavy atom. The highest BCUT2D eigenvalue weighted by molar-refractivity contribution is 5.87. The number of methoxy groups -OCH3 is 2. The van der Waals surface area contributed by atoms with Gasteiger partial charge in [0.1, 0.15) is 28.2 Å². The Hall–Kier alpha value is -3.41. The fourth-order valence-corrected chi connectivity index (χ4v) is 3.02. The van der Waals surface area contributed by atoms with Crippen LogP contribution in [0.5, 0.6) is 23.0 Å². The number of aromatic hydroxyl groups is 2. The summed E-state index contributed by atoms with van der Waals surface area (Å²) in [6, 6.07) is 7.64. The van der Waals surface area contributed by atoms with Gasteiger partial charge in [-0.3, -0.25) is 4.79 Å². The first-order valence-electron chi connectivity index (χ1n) is 8.73. The zero-order valence-electron chi connectivity index (χ0n) is 16.2. The van der Waals surface area contributed by atoms with E-state index in [0.717, 1.165) is 11.6 Å². The molecular weight excluding hydrogens is 360 g/mol. The van der Waals surface area contributed by atoms with Crippen molar-refractivity contribution in [3.05, 3.63) is 57.8 Å². The molecule has 6 nitrogen and oxygen atoms in total. The lowest BCUT2D eigenvalue weighted by molar-refractivity contribution is 0.355. The summed E-state index contributed by atoms with van der Waals surface area (Å²) in [6.07, 6.45) is 2.25. The zero-order chi connectivity index (χ0) is 20.4. The summed E-state index contributed by atoms with van der Waals surface area (Å²) in [5, 5.41) is 20.0. The molecule has 28 heavy (non-hydrogen) atoms. The van der Waals surface area contributed by atoms with Crippen LogP contribution < -0.4 is 14.9 Å². The molecule has 0 saturated heterocycles. The molecule has 146 valence electrons. The first-order chi connectivity index (χ1) is 13.3. The molecule has 0 bridgehead atoms. The lowest BCUT2D eigenvalue weighted by Gasteiger charge is -2.13. The Labute approximate surface area is 162 Å². The number of rotatable bonds is 5. The van der Waals surface area contributed by atoms with E-state index in [1.54, 1.807) is 25.3 Å². The number of ether oxygens (including phenoxy) is 2. The zero-order valence-corrected chi connectivity index (χ0v) is 16.2. The third-order valence-corrected chi connectivity index (χ3v) is 4.41. The summed E-state index contributed by atoms with van der Waals surface area (Å²) in [6.45, 7) is 3.88. The third kappa shape index (κ3) is 3.53. The number of phenols is 2. The molecule has 0 saturated carbocycles. The highest BCUT2D eigenvalue weighted by Crippen LogP contribution is 2.36. The molecule has 0 radical (unpaired) electrons. The van der Waals surface area contributed by atoms with Crippen molar-refractivity contribution in [3.63, 3.8) is 0 Å². The first-order valence-corrected chi connectivity index (χ1v) is 8.73. The Morgan fingerprint density at radius 3 is 2.43 bits per heavy atom. The van der Waals surface area contributed by atoms with Crippen molar-refractivity contribution in [2.45, 2.75) is 20.3 Å². The third-order valence-electron chi connectivity index (χ3n) is 4.41. The average Bonchev–Trinajstić information content (AvgIpc) is 2.65. The van der Waals surface area contributed by atoms with Crippen LogP contribution in [0.1, 0.15) is 19.4 Å². The number of benzene rings is 2. The van der Waals surface area contributed by atoms with Gasteiger partial charge in [-0.2, -0.15) is 0 Å². The van der Waals surface area contributed by atoms with E-state index in [9.17, 15) is 15.0 Å². The summed E-state index contributed by atoms with van der Waals surface area (Å²) < 4.78 is 16.6. The minimum absolute atomic E-state index is 0.0409. The van der Waals surface area contributed by atoms with Gasteiger partial charge in [-0.15, -0.1) is 0 Å². The molecule has 0 aliphatic carbocycles. The summed E-state index contributed by atoms with van der Waals surface area (Å²) in [5.41, 5.74) is 1.83. The molecule has 0 amide bonds.